The maximum absolute atomic E-state index is 2.37. The molecule has 0 atom stereocenters. The van der Waals surface area contributed by atoms with Gasteiger partial charge in [0.2, 0.25) is 0 Å². The molecule has 0 heterocycles. The fourth-order valence-electron chi connectivity index (χ4n) is 6.07. The minimum Gasteiger partial charge on any atom is -0.310 e. The molecule has 0 unspecified atom stereocenters. The molecule has 44 heavy (non-hydrogen) atoms. The first kappa shape index (κ1) is 27.2. The van der Waals surface area contributed by atoms with Crippen LogP contribution in [0.2, 0.25) is 0 Å². The van der Waals surface area contributed by atoms with Gasteiger partial charge in [-0.3, -0.25) is 0 Å². The van der Waals surface area contributed by atoms with E-state index in [1.807, 2.05) is 0 Å². The van der Waals surface area contributed by atoms with Gasteiger partial charge in [0.05, 0.1) is 11.4 Å². The first-order valence-corrected chi connectivity index (χ1v) is 15.1. The molecule has 0 aliphatic carbocycles. The average molecular weight is 567 g/mol. The predicted molar refractivity (Wildman–Crippen MR) is 189 cm³/mol. The molecule has 0 spiro atoms. The smallest absolute Gasteiger partial charge is 0.0540 e. The van der Waals surface area contributed by atoms with E-state index < -0.39 is 0 Å². The summed E-state index contributed by atoms with van der Waals surface area (Å²) in [5.41, 5.74) is 9.23. The Morgan fingerprint density at radius 3 is 1.39 bits per heavy atom. The molecular formula is C42H34N2. The van der Waals surface area contributed by atoms with Crippen LogP contribution in [0, 0.1) is 13.8 Å². The van der Waals surface area contributed by atoms with Crippen molar-refractivity contribution in [3.05, 3.63) is 181 Å². The minimum absolute atomic E-state index is 1.12. The summed E-state index contributed by atoms with van der Waals surface area (Å²) in [5, 5.41) is 4.76. The molecule has 0 N–H and O–H groups in total. The van der Waals surface area contributed by atoms with Crippen LogP contribution in [0.25, 0.3) is 21.5 Å². The number of para-hydroxylation sites is 2. The number of fused-ring (bicyclic) bond motifs is 1. The van der Waals surface area contributed by atoms with Crippen LogP contribution < -0.4 is 9.80 Å². The molecule has 0 aliphatic rings. The summed E-state index contributed by atoms with van der Waals surface area (Å²) in [6.45, 7) is 4.30. The number of anilines is 6. The van der Waals surface area contributed by atoms with Gasteiger partial charge in [-0.2, -0.15) is 0 Å². The van der Waals surface area contributed by atoms with E-state index in [9.17, 15) is 0 Å². The predicted octanol–water partition coefficient (Wildman–Crippen LogP) is 12.1. The maximum Gasteiger partial charge on any atom is 0.0540 e. The molecule has 7 aromatic rings. The largest absolute Gasteiger partial charge is 0.310 e. The minimum atomic E-state index is 1.12. The van der Waals surface area contributed by atoms with Crippen LogP contribution in [-0.2, 0) is 0 Å². The number of hydrogen-bond donors (Lipinski definition) is 0. The molecule has 7 rings (SSSR count). The van der Waals surface area contributed by atoms with Crippen LogP contribution in [0.4, 0.5) is 34.1 Å². The number of hydrogen-bond acceptors (Lipinski definition) is 2. The zero-order valence-electron chi connectivity index (χ0n) is 25.1. The highest BCUT2D eigenvalue weighted by Crippen LogP contribution is 2.42. The van der Waals surface area contributed by atoms with Gasteiger partial charge in [-0.05, 0) is 108 Å². The van der Waals surface area contributed by atoms with Gasteiger partial charge >= 0.3 is 0 Å². The Labute approximate surface area is 259 Å². The molecule has 0 saturated heterocycles. The average Bonchev–Trinajstić information content (AvgIpc) is 3.05. The van der Waals surface area contributed by atoms with Crippen molar-refractivity contribution in [3.63, 3.8) is 0 Å². The zero-order chi connectivity index (χ0) is 29.9. The molecule has 0 saturated carbocycles. The van der Waals surface area contributed by atoms with Crippen molar-refractivity contribution in [2.75, 3.05) is 9.80 Å². The summed E-state index contributed by atoms with van der Waals surface area (Å²) in [4.78, 5) is 4.73. The highest BCUT2D eigenvalue weighted by atomic mass is 15.1. The molecule has 212 valence electrons. The van der Waals surface area contributed by atoms with Gasteiger partial charge in [-0.25, -0.2) is 0 Å². The van der Waals surface area contributed by atoms with E-state index in [1.54, 1.807) is 0 Å². The molecule has 0 aromatic heterocycles. The Morgan fingerprint density at radius 2 is 0.795 bits per heavy atom. The Hall–Kier alpha value is -5.60. The number of nitrogens with zero attached hydrogens (tertiary/aromatic N) is 2. The van der Waals surface area contributed by atoms with Gasteiger partial charge in [-0.1, -0.05) is 103 Å². The van der Waals surface area contributed by atoms with Crippen LogP contribution >= 0.6 is 0 Å². The first-order chi connectivity index (χ1) is 21.7. The van der Waals surface area contributed by atoms with Gasteiger partial charge in [0.25, 0.3) is 0 Å². The Morgan fingerprint density at radius 1 is 0.318 bits per heavy atom. The Bertz CT molecular complexity index is 2010. The first-order valence-electron chi connectivity index (χ1n) is 15.1. The van der Waals surface area contributed by atoms with Gasteiger partial charge in [0.1, 0.15) is 0 Å². The second kappa shape index (κ2) is 11.9. The van der Waals surface area contributed by atoms with Crippen molar-refractivity contribution in [1.82, 2.24) is 0 Å². The number of rotatable bonds is 6. The third-order valence-electron chi connectivity index (χ3n) is 8.11. The molecule has 0 aliphatic heterocycles. The second-order valence-corrected chi connectivity index (χ2v) is 11.3. The monoisotopic (exact) mass is 566 g/mol. The van der Waals surface area contributed by atoms with Crippen LogP contribution in [0.3, 0.4) is 0 Å². The van der Waals surface area contributed by atoms with E-state index in [1.165, 1.54) is 27.3 Å². The van der Waals surface area contributed by atoms with E-state index >= 15 is 0 Å². The van der Waals surface area contributed by atoms with Gasteiger partial charge in [0, 0.05) is 28.1 Å². The molecule has 0 amide bonds. The zero-order valence-corrected chi connectivity index (χ0v) is 25.1. The number of benzene rings is 6. The topological polar surface area (TPSA) is 6.48 Å². The van der Waals surface area contributed by atoms with E-state index in [4.69, 9.17) is 0 Å². The van der Waals surface area contributed by atoms with Gasteiger partial charge < -0.3 is 9.80 Å². The van der Waals surface area contributed by atoms with E-state index in [0.29, 0.717) is 0 Å². The van der Waals surface area contributed by atoms with Crippen LogP contribution in [0.15, 0.2) is 170 Å². The molecule has 2 nitrogen and oxygen atoms in total. The summed E-state index contributed by atoms with van der Waals surface area (Å²) in [7, 11) is 0. The summed E-state index contributed by atoms with van der Waals surface area (Å²) in [6, 6.07) is 61.0. The Balaban J connectivity index is 1.52. The summed E-state index contributed by atoms with van der Waals surface area (Å²) in [5.74, 6) is 0. The highest BCUT2D eigenvalue weighted by molar-refractivity contribution is 6.10. The van der Waals surface area contributed by atoms with Crippen molar-refractivity contribution in [1.29, 1.82) is 0 Å². The molecule has 2 heteroatoms. The van der Waals surface area contributed by atoms with Gasteiger partial charge in [0.15, 0.2) is 0 Å². The van der Waals surface area contributed by atoms with Crippen LogP contribution in [0.1, 0.15) is 11.1 Å². The molecular weight excluding hydrogens is 532 g/mol. The lowest BCUT2D eigenvalue weighted by atomic mass is 10.0. The maximum atomic E-state index is 2.37. The SMILES string of the molecule is Cc1cccc(N(c2ccccc2)c2cccccc3c(N(c4ccccc4)c4cccc(C)c4)ccc4ccc2cc43)c1. The lowest BCUT2D eigenvalue weighted by Gasteiger charge is -2.28. The summed E-state index contributed by atoms with van der Waals surface area (Å²) in [6.07, 6.45) is 0. The lowest BCUT2D eigenvalue weighted by molar-refractivity contribution is 1.28. The van der Waals surface area contributed by atoms with Crippen molar-refractivity contribution in [2.45, 2.75) is 13.8 Å². The highest BCUT2D eigenvalue weighted by Gasteiger charge is 2.17. The van der Waals surface area contributed by atoms with Crippen LogP contribution in [-0.4, -0.2) is 0 Å². The third kappa shape index (κ3) is 5.34. The standard InChI is InChI=1S/C42H34N2/c1-31-14-12-20-37(28-31)43(35-16-6-3-7-17-35)41-23-11-5-10-22-39-40-30-34(41)25-24-33(40)26-27-42(39)44(36-18-8-4-9-19-36)38-21-13-15-32(2)29-38/h3-30H,1-2H3. The Kier molecular flexibility index (Phi) is 7.40. The molecule has 2 bridgehead atoms. The third-order valence-corrected chi connectivity index (χ3v) is 8.11. The fraction of sp³-hybridized carbons (Fsp3) is 0.0476. The van der Waals surface area contributed by atoms with E-state index in [2.05, 4.69) is 194 Å². The second-order valence-electron chi connectivity index (χ2n) is 11.3. The normalized spacial score (nSPS) is 11.0. The van der Waals surface area contributed by atoms with Crippen molar-refractivity contribution in [3.8, 4) is 0 Å². The van der Waals surface area contributed by atoms with E-state index in [-0.39, 0.29) is 0 Å². The fourth-order valence-corrected chi connectivity index (χ4v) is 6.07. The van der Waals surface area contributed by atoms with E-state index in [0.717, 1.165) is 39.5 Å². The summed E-state index contributed by atoms with van der Waals surface area (Å²) >= 11 is 0. The molecule has 0 fully saturated rings. The van der Waals surface area contributed by atoms with Crippen molar-refractivity contribution >= 4 is 55.7 Å². The summed E-state index contributed by atoms with van der Waals surface area (Å²) < 4.78 is 0. The number of aryl methyl sites for hydroxylation is 2. The van der Waals surface area contributed by atoms with Gasteiger partial charge in [-0.15, -0.1) is 0 Å². The van der Waals surface area contributed by atoms with Crippen LogP contribution in [0.5, 0.6) is 0 Å². The van der Waals surface area contributed by atoms with Crippen molar-refractivity contribution in [2.24, 2.45) is 0 Å². The molecule has 0 radical (unpaired) electrons. The molecule has 7 aromatic carbocycles. The quantitative estimate of drug-likeness (QED) is 0.197. The van der Waals surface area contributed by atoms with Crippen molar-refractivity contribution < 1.29 is 0 Å². The lowest BCUT2D eigenvalue weighted by Crippen LogP contribution is -2.11.